The Hall–Kier alpha value is -0.220. The number of thioether (sulfide) groups is 1. The van der Waals surface area contributed by atoms with Crippen LogP contribution in [0.5, 0.6) is 0 Å². The lowest BCUT2D eigenvalue weighted by molar-refractivity contribution is 0.254. The third kappa shape index (κ3) is 3.41. The van der Waals surface area contributed by atoms with E-state index in [-0.39, 0.29) is 6.61 Å². The van der Waals surface area contributed by atoms with Crippen LogP contribution >= 0.6 is 23.4 Å². The fraction of sp³-hybridized carbons (Fsp3) is 0.571. The Bertz CT molecular complexity index is 399. The van der Waals surface area contributed by atoms with Gasteiger partial charge in [0.2, 0.25) is 0 Å². The van der Waals surface area contributed by atoms with Crippen LogP contribution in [0.25, 0.3) is 0 Å². The molecule has 2 N–H and O–H groups in total. The summed E-state index contributed by atoms with van der Waals surface area (Å²) in [7, 11) is 0. The van der Waals surface area contributed by atoms with Gasteiger partial charge in [-0.3, -0.25) is 0 Å². The monoisotopic (exact) mass is 285 g/mol. The second-order valence-electron chi connectivity index (χ2n) is 4.66. The summed E-state index contributed by atoms with van der Waals surface area (Å²) in [6.07, 6.45) is 2.98. The van der Waals surface area contributed by atoms with Gasteiger partial charge in [0.05, 0.1) is 0 Å². The molecular weight excluding hydrogens is 266 g/mol. The number of fused-ring (bicyclic) bond motifs is 1. The standard InChI is InChI=1S/C14H20ClNOS/c1-2-11(5-7-17)16-13-6-8-18-14-4-3-10(15)9-12(13)14/h3-4,9,11,13,16-17H,2,5-8H2,1H3. The fourth-order valence-corrected chi connectivity index (χ4v) is 3.67. The highest BCUT2D eigenvalue weighted by molar-refractivity contribution is 7.99. The summed E-state index contributed by atoms with van der Waals surface area (Å²) in [6, 6.07) is 6.91. The van der Waals surface area contributed by atoms with Crippen LogP contribution in [0.2, 0.25) is 5.02 Å². The molecule has 0 aromatic heterocycles. The SMILES string of the molecule is CCC(CCO)NC1CCSc2ccc(Cl)cc21. The molecule has 0 bridgehead atoms. The Balaban J connectivity index is 2.13. The maximum Gasteiger partial charge on any atom is 0.0445 e. The average molecular weight is 286 g/mol. The lowest BCUT2D eigenvalue weighted by atomic mass is 10.0. The van der Waals surface area contributed by atoms with E-state index in [1.165, 1.54) is 10.5 Å². The molecule has 18 heavy (non-hydrogen) atoms. The summed E-state index contributed by atoms with van der Waals surface area (Å²) < 4.78 is 0. The van der Waals surface area contributed by atoms with Crippen molar-refractivity contribution in [3.05, 3.63) is 28.8 Å². The molecule has 2 atom stereocenters. The van der Waals surface area contributed by atoms with Crippen LogP contribution in [0, 0.1) is 0 Å². The van der Waals surface area contributed by atoms with E-state index in [0.29, 0.717) is 12.1 Å². The Morgan fingerprint density at radius 1 is 1.56 bits per heavy atom. The number of benzene rings is 1. The molecule has 1 aromatic rings. The van der Waals surface area contributed by atoms with Crippen molar-refractivity contribution < 1.29 is 5.11 Å². The minimum atomic E-state index is 0.245. The van der Waals surface area contributed by atoms with Crippen LogP contribution in [0.15, 0.2) is 23.1 Å². The summed E-state index contributed by atoms with van der Waals surface area (Å²) in [4.78, 5) is 1.34. The number of rotatable bonds is 5. The largest absolute Gasteiger partial charge is 0.396 e. The summed E-state index contributed by atoms with van der Waals surface area (Å²) in [5, 5.41) is 13.5. The van der Waals surface area contributed by atoms with Gasteiger partial charge in [-0.2, -0.15) is 0 Å². The third-order valence-corrected chi connectivity index (χ3v) is 4.78. The first kappa shape index (κ1) is 14.2. The van der Waals surface area contributed by atoms with Crippen LogP contribution in [-0.4, -0.2) is 23.5 Å². The van der Waals surface area contributed by atoms with Crippen molar-refractivity contribution in [2.45, 2.75) is 43.2 Å². The normalized spacial score (nSPS) is 20.5. The van der Waals surface area contributed by atoms with E-state index >= 15 is 0 Å². The Labute approximate surface area is 118 Å². The van der Waals surface area contributed by atoms with Crippen LogP contribution in [0.4, 0.5) is 0 Å². The van der Waals surface area contributed by atoms with Crippen molar-refractivity contribution in [3.8, 4) is 0 Å². The number of aliphatic hydroxyl groups is 1. The molecule has 1 aromatic carbocycles. The molecule has 0 amide bonds. The van der Waals surface area contributed by atoms with E-state index < -0.39 is 0 Å². The third-order valence-electron chi connectivity index (χ3n) is 3.42. The predicted octanol–water partition coefficient (Wildman–Crippen LogP) is 3.63. The first-order valence-electron chi connectivity index (χ1n) is 6.53. The Morgan fingerprint density at radius 2 is 2.39 bits per heavy atom. The van der Waals surface area contributed by atoms with Gasteiger partial charge in [0.15, 0.2) is 0 Å². The lowest BCUT2D eigenvalue weighted by Crippen LogP contribution is -2.34. The van der Waals surface area contributed by atoms with Crippen molar-refractivity contribution in [1.82, 2.24) is 5.32 Å². The molecular formula is C14H20ClNOS. The van der Waals surface area contributed by atoms with Crippen LogP contribution in [0.3, 0.4) is 0 Å². The second-order valence-corrected chi connectivity index (χ2v) is 6.23. The van der Waals surface area contributed by atoms with Gasteiger partial charge in [0.1, 0.15) is 0 Å². The molecule has 0 radical (unpaired) electrons. The lowest BCUT2D eigenvalue weighted by Gasteiger charge is -2.30. The van der Waals surface area contributed by atoms with Gasteiger partial charge in [-0.15, -0.1) is 11.8 Å². The molecule has 2 unspecified atom stereocenters. The van der Waals surface area contributed by atoms with E-state index in [4.69, 9.17) is 16.7 Å². The van der Waals surface area contributed by atoms with Gasteiger partial charge in [-0.1, -0.05) is 18.5 Å². The molecule has 1 aliphatic rings. The Morgan fingerprint density at radius 3 is 3.11 bits per heavy atom. The highest BCUT2D eigenvalue weighted by Gasteiger charge is 2.22. The van der Waals surface area contributed by atoms with Gasteiger partial charge in [0, 0.05) is 28.6 Å². The summed E-state index contributed by atoms with van der Waals surface area (Å²) in [6.45, 7) is 2.40. The van der Waals surface area contributed by atoms with Crippen LogP contribution in [0.1, 0.15) is 37.8 Å². The number of nitrogens with one attached hydrogen (secondary N) is 1. The van der Waals surface area contributed by atoms with Crippen LogP contribution in [-0.2, 0) is 0 Å². The van der Waals surface area contributed by atoms with Crippen molar-refractivity contribution >= 4 is 23.4 Å². The molecule has 0 saturated heterocycles. The quantitative estimate of drug-likeness (QED) is 0.866. The zero-order chi connectivity index (χ0) is 13.0. The highest BCUT2D eigenvalue weighted by Crippen LogP contribution is 2.37. The van der Waals surface area contributed by atoms with E-state index in [9.17, 15) is 0 Å². The molecule has 0 saturated carbocycles. The summed E-state index contributed by atoms with van der Waals surface area (Å²) in [5.41, 5.74) is 1.31. The molecule has 1 heterocycles. The van der Waals surface area contributed by atoms with Gasteiger partial charge in [-0.25, -0.2) is 0 Å². The zero-order valence-corrected chi connectivity index (χ0v) is 12.2. The minimum Gasteiger partial charge on any atom is -0.396 e. The fourth-order valence-electron chi connectivity index (χ4n) is 2.38. The van der Waals surface area contributed by atoms with Crippen molar-refractivity contribution in [2.24, 2.45) is 0 Å². The second kappa shape index (κ2) is 6.80. The maximum atomic E-state index is 9.07. The number of hydrogen-bond acceptors (Lipinski definition) is 3. The molecule has 100 valence electrons. The van der Waals surface area contributed by atoms with Gasteiger partial charge in [-0.05, 0) is 48.8 Å². The number of aliphatic hydroxyl groups excluding tert-OH is 1. The topological polar surface area (TPSA) is 32.3 Å². The van der Waals surface area contributed by atoms with Crippen LogP contribution < -0.4 is 5.32 Å². The summed E-state index contributed by atoms with van der Waals surface area (Å²) in [5.74, 6) is 1.14. The van der Waals surface area contributed by atoms with E-state index in [0.717, 1.165) is 30.0 Å². The van der Waals surface area contributed by atoms with Gasteiger partial charge >= 0.3 is 0 Å². The molecule has 0 fully saturated rings. The summed E-state index contributed by atoms with van der Waals surface area (Å²) >= 11 is 8.00. The van der Waals surface area contributed by atoms with Crippen molar-refractivity contribution in [3.63, 3.8) is 0 Å². The van der Waals surface area contributed by atoms with E-state index in [1.54, 1.807) is 0 Å². The molecule has 0 aliphatic carbocycles. The molecule has 0 spiro atoms. The zero-order valence-electron chi connectivity index (χ0n) is 10.7. The number of hydrogen-bond donors (Lipinski definition) is 2. The molecule has 1 aliphatic heterocycles. The molecule has 4 heteroatoms. The van der Waals surface area contributed by atoms with E-state index in [1.807, 2.05) is 17.8 Å². The van der Waals surface area contributed by atoms with Gasteiger partial charge in [0.25, 0.3) is 0 Å². The van der Waals surface area contributed by atoms with Gasteiger partial charge < -0.3 is 10.4 Å². The minimum absolute atomic E-state index is 0.245. The average Bonchev–Trinajstić information content (AvgIpc) is 2.38. The first-order chi connectivity index (χ1) is 8.74. The molecule has 2 rings (SSSR count). The number of halogens is 1. The molecule has 2 nitrogen and oxygen atoms in total. The van der Waals surface area contributed by atoms with Crippen molar-refractivity contribution in [2.75, 3.05) is 12.4 Å². The maximum absolute atomic E-state index is 9.07. The predicted molar refractivity (Wildman–Crippen MR) is 78.5 cm³/mol. The van der Waals surface area contributed by atoms with Crippen molar-refractivity contribution in [1.29, 1.82) is 0 Å². The highest BCUT2D eigenvalue weighted by atomic mass is 35.5. The van der Waals surface area contributed by atoms with E-state index in [2.05, 4.69) is 24.4 Å². The Kier molecular flexibility index (Phi) is 5.37. The first-order valence-corrected chi connectivity index (χ1v) is 7.90. The smallest absolute Gasteiger partial charge is 0.0445 e.